The Morgan fingerprint density at radius 1 is 1.08 bits per heavy atom. The fourth-order valence-electron chi connectivity index (χ4n) is 3.55. The third-order valence-electron chi connectivity index (χ3n) is 5.32. The quantitative estimate of drug-likeness (QED) is 0.376. The molecule has 0 saturated heterocycles. The lowest BCUT2D eigenvalue weighted by Crippen LogP contribution is -2.18. The van der Waals surface area contributed by atoms with E-state index in [1.54, 1.807) is 42.6 Å². The first kappa shape index (κ1) is 23.7. The van der Waals surface area contributed by atoms with E-state index in [1.807, 2.05) is 12.1 Å². The van der Waals surface area contributed by atoms with E-state index in [1.165, 1.54) is 4.40 Å². The maximum Gasteiger partial charge on any atom is 0.259 e. The van der Waals surface area contributed by atoms with Gasteiger partial charge in [0.2, 0.25) is 10.0 Å². The number of anilines is 1. The molecular weight excluding hydrogens is 504 g/mol. The van der Waals surface area contributed by atoms with Crippen molar-refractivity contribution in [2.45, 2.75) is 18.9 Å². The van der Waals surface area contributed by atoms with Crippen LogP contribution in [0.3, 0.4) is 0 Å². The molecule has 182 valence electrons. The Morgan fingerprint density at radius 2 is 1.81 bits per heavy atom. The highest BCUT2D eigenvalue weighted by Gasteiger charge is 2.26. The lowest BCUT2D eigenvalue weighted by Gasteiger charge is -2.12. The highest BCUT2D eigenvalue weighted by atomic mass is 35.5. The third kappa shape index (κ3) is 5.27. The number of ether oxygens (including phenoxy) is 2. The molecule has 0 bridgehead atoms. The number of sulfonamides is 1. The maximum absolute atomic E-state index is 12.5. The molecule has 1 saturated carbocycles. The fourth-order valence-corrected chi connectivity index (χ4v) is 4.29. The molecule has 4 aromatic rings. The number of pyridine rings is 1. The van der Waals surface area contributed by atoms with E-state index < -0.39 is 15.6 Å². The summed E-state index contributed by atoms with van der Waals surface area (Å²) in [6.07, 6.45) is 4.64. The van der Waals surface area contributed by atoms with Crippen LogP contribution in [-0.4, -0.2) is 30.2 Å². The standard InChI is InChI=1S/C25H19ClN4O5S/c1-36(32,33)29-22-12-24(31)30-14-16(4-9-23(30)28-22)15-2-5-18(6-3-15)34-20-10-17(13-27)25(21(26)11-20)35-19-7-8-19/h2-6,9-12,14,19,29H,7-8H2,1H3. The van der Waals surface area contributed by atoms with E-state index >= 15 is 0 Å². The minimum Gasteiger partial charge on any atom is -0.487 e. The highest BCUT2D eigenvalue weighted by molar-refractivity contribution is 7.92. The number of hydrogen-bond donors (Lipinski definition) is 1. The Labute approximate surface area is 211 Å². The van der Waals surface area contributed by atoms with Crippen molar-refractivity contribution in [3.05, 3.63) is 81.7 Å². The van der Waals surface area contributed by atoms with Crippen molar-refractivity contribution in [2.24, 2.45) is 0 Å². The zero-order valence-corrected chi connectivity index (χ0v) is 20.5. The summed E-state index contributed by atoms with van der Waals surface area (Å²) < 4.78 is 38.1. The van der Waals surface area contributed by atoms with Crippen LogP contribution in [0.4, 0.5) is 5.82 Å². The lowest BCUT2D eigenvalue weighted by atomic mass is 10.1. The second kappa shape index (κ2) is 9.18. The largest absolute Gasteiger partial charge is 0.487 e. The Balaban J connectivity index is 1.37. The molecule has 0 spiro atoms. The smallest absolute Gasteiger partial charge is 0.259 e. The summed E-state index contributed by atoms with van der Waals surface area (Å²) in [5, 5.41) is 9.80. The number of nitrogens with one attached hydrogen (secondary N) is 1. The van der Waals surface area contributed by atoms with Crippen molar-refractivity contribution in [3.8, 4) is 34.4 Å². The molecule has 1 aliphatic rings. The van der Waals surface area contributed by atoms with Crippen LogP contribution in [-0.2, 0) is 10.0 Å². The van der Waals surface area contributed by atoms with Crippen LogP contribution >= 0.6 is 11.6 Å². The predicted molar refractivity (Wildman–Crippen MR) is 135 cm³/mol. The number of nitrogens with zero attached hydrogens (tertiary/aromatic N) is 3. The first-order valence-electron chi connectivity index (χ1n) is 10.9. The summed E-state index contributed by atoms with van der Waals surface area (Å²) in [7, 11) is -3.55. The Kier molecular flexibility index (Phi) is 6.04. The molecular formula is C25H19ClN4O5S. The molecule has 0 amide bonds. The van der Waals surface area contributed by atoms with Crippen LogP contribution in [0.5, 0.6) is 17.2 Å². The van der Waals surface area contributed by atoms with Gasteiger partial charge in [0.25, 0.3) is 5.56 Å². The van der Waals surface area contributed by atoms with E-state index in [-0.39, 0.29) is 11.9 Å². The van der Waals surface area contributed by atoms with Gasteiger partial charge in [0.05, 0.1) is 22.9 Å². The summed E-state index contributed by atoms with van der Waals surface area (Å²) in [5.41, 5.74) is 1.76. The van der Waals surface area contributed by atoms with Gasteiger partial charge < -0.3 is 9.47 Å². The topological polar surface area (TPSA) is 123 Å². The lowest BCUT2D eigenvalue weighted by molar-refractivity contribution is 0.302. The van der Waals surface area contributed by atoms with Crippen molar-refractivity contribution in [1.82, 2.24) is 9.38 Å². The molecule has 1 aliphatic carbocycles. The molecule has 0 radical (unpaired) electrons. The zero-order valence-electron chi connectivity index (χ0n) is 18.9. The van der Waals surface area contributed by atoms with Crippen LogP contribution in [0.1, 0.15) is 18.4 Å². The van der Waals surface area contributed by atoms with Crippen LogP contribution in [0.25, 0.3) is 16.8 Å². The number of halogens is 1. The normalized spacial score (nSPS) is 13.2. The van der Waals surface area contributed by atoms with Gasteiger partial charge in [-0.2, -0.15) is 5.26 Å². The molecule has 0 atom stereocenters. The van der Waals surface area contributed by atoms with Crippen LogP contribution in [0, 0.1) is 11.3 Å². The van der Waals surface area contributed by atoms with Gasteiger partial charge in [0.15, 0.2) is 5.75 Å². The van der Waals surface area contributed by atoms with Gasteiger partial charge in [-0.3, -0.25) is 13.9 Å². The van der Waals surface area contributed by atoms with E-state index in [9.17, 15) is 18.5 Å². The van der Waals surface area contributed by atoms with Crippen molar-refractivity contribution < 1.29 is 17.9 Å². The number of hydrogen-bond acceptors (Lipinski definition) is 7. The predicted octanol–water partition coefficient (Wildman–Crippen LogP) is 4.59. The summed E-state index contributed by atoms with van der Waals surface area (Å²) in [6.45, 7) is 0. The van der Waals surface area contributed by atoms with Gasteiger partial charge in [-0.1, -0.05) is 23.7 Å². The number of nitriles is 1. The summed E-state index contributed by atoms with van der Waals surface area (Å²) in [4.78, 5) is 16.7. The molecule has 2 aromatic carbocycles. The number of rotatable bonds is 7. The van der Waals surface area contributed by atoms with E-state index in [4.69, 9.17) is 21.1 Å². The SMILES string of the molecule is CS(=O)(=O)Nc1cc(=O)n2cc(-c3ccc(Oc4cc(Cl)c(OC5CC5)c(C#N)c4)cc3)ccc2n1. The second-order valence-electron chi connectivity index (χ2n) is 8.34. The van der Waals surface area contributed by atoms with Gasteiger partial charge in [0.1, 0.15) is 29.0 Å². The van der Waals surface area contributed by atoms with Gasteiger partial charge in [-0.15, -0.1) is 0 Å². The highest BCUT2D eigenvalue weighted by Crippen LogP contribution is 2.38. The Morgan fingerprint density at radius 3 is 2.47 bits per heavy atom. The molecule has 0 unspecified atom stereocenters. The van der Waals surface area contributed by atoms with Gasteiger partial charge >= 0.3 is 0 Å². The minimum absolute atomic E-state index is 0.0384. The summed E-state index contributed by atoms with van der Waals surface area (Å²) >= 11 is 6.34. The Hall–Kier alpha value is -4.07. The molecule has 2 aromatic heterocycles. The second-order valence-corrected chi connectivity index (χ2v) is 10.5. The van der Waals surface area contributed by atoms with E-state index in [2.05, 4.69) is 15.8 Å². The monoisotopic (exact) mass is 522 g/mol. The molecule has 9 nitrogen and oxygen atoms in total. The number of fused-ring (bicyclic) bond motifs is 1. The van der Waals surface area contributed by atoms with E-state index in [0.29, 0.717) is 33.5 Å². The molecule has 11 heteroatoms. The first-order chi connectivity index (χ1) is 17.2. The zero-order chi connectivity index (χ0) is 25.4. The third-order valence-corrected chi connectivity index (χ3v) is 6.18. The molecule has 2 heterocycles. The van der Waals surface area contributed by atoms with E-state index in [0.717, 1.165) is 36.3 Å². The Bertz CT molecular complexity index is 1690. The van der Waals surface area contributed by atoms with Crippen LogP contribution < -0.4 is 19.8 Å². The molecule has 1 N–H and O–H groups in total. The molecule has 36 heavy (non-hydrogen) atoms. The van der Waals surface area contributed by atoms with Crippen LogP contribution in [0.15, 0.2) is 65.6 Å². The summed E-state index contributed by atoms with van der Waals surface area (Å²) in [6, 6.07) is 17.0. The average Bonchev–Trinajstić information content (AvgIpc) is 3.64. The average molecular weight is 523 g/mol. The summed E-state index contributed by atoms with van der Waals surface area (Å²) in [5.74, 6) is 1.29. The van der Waals surface area contributed by atoms with Crippen LogP contribution in [0.2, 0.25) is 5.02 Å². The molecule has 0 aliphatic heterocycles. The van der Waals surface area contributed by atoms with Crippen molar-refractivity contribution in [2.75, 3.05) is 11.0 Å². The maximum atomic E-state index is 12.5. The number of aromatic nitrogens is 2. The van der Waals surface area contributed by atoms with Crippen molar-refractivity contribution in [3.63, 3.8) is 0 Å². The molecule has 1 fully saturated rings. The van der Waals surface area contributed by atoms with Gasteiger partial charge in [0, 0.05) is 24.4 Å². The van der Waals surface area contributed by atoms with Crippen molar-refractivity contribution >= 4 is 33.1 Å². The van der Waals surface area contributed by atoms with Gasteiger partial charge in [-0.05, 0) is 48.2 Å². The van der Waals surface area contributed by atoms with Crippen molar-refractivity contribution in [1.29, 1.82) is 5.26 Å². The minimum atomic E-state index is -3.55. The first-order valence-corrected chi connectivity index (χ1v) is 13.2. The van der Waals surface area contributed by atoms with Gasteiger partial charge in [-0.25, -0.2) is 13.4 Å². The number of benzene rings is 2. The molecule has 5 rings (SSSR count). The fraction of sp³-hybridized carbons (Fsp3) is 0.160.